The van der Waals surface area contributed by atoms with Gasteiger partial charge in [-0.3, -0.25) is 4.79 Å². The molecule has 1 atom stereocenters. The van der Waals surface area contributed by atoms with Gasteiger partial charge in [-0.1, -0.05) is 27.7 Å². The van der Waals surface area contributed by atoms with Gasteiger partial charge in [-0.2, -0.15) is 0 Å². The van der Waals surface area contributed by atoms with Crippen molar-refractivity contribution < 1.29 is 13.2 Å². The van der Waals surface area contributed by atoms with Crippen molar-refractivity contribution in [3.8, 4) is 0 Å². The van der Waals surface area contributed by atoms with E-state index in [1.165, 1.54) is 22.3 Å². The number of thioether (sulfide) groups is 1. The van der Waals surface area contributed by atoms with Gasteiger partial charge < -0.3 is 9.88 Å². The second-order valence-corrected chi connectivity index (χ2v) is 10.5. The Balaban J connectivity index is 1.60. The molecule has 0 radical (unpaired) electrons. The largest absolute Gasteiger partial charge is 0.325 e. The van der Waals surface area contributed by atoms with Crippen LogP contribution in [0.25, 0.3) is 0 Å². The van der Waals surface area contributed by atoms with E-state index in [-0.39, 0.29) is 17.6 Å². The summed E-state index contributed by atoms with van der Waals surface area (Å²) in [5, 5.41) is 11.9. The molecule has 1 aliphatic rings. The molecule has 8 nitrogen and oxygen atoms in total. The molecule has 1 unspecified atom stereocenters. The van der Waals surface area contributed by atoms with E-state index >= 15 is 0 Å². The average Bonchev–Trinajstić information content (AvgIpc) is 3.02. The number of halogens is 1. The lowest BCUT2D eigenvalue weighted by Crippen LogP contribution is -2.39. The minimum atomic E-state index is -3.21. The lowest BCUT2D eigenvalue weighted by Gasteiger charge is -2.30. The van der Waals surface area contributed by atoms with E-state index in [0.29, 0.717) is 18.2 Å². The fraction of sp³-hybridized carbons (Fsp3) is 0.471. The lowest BCUT2D eigenvalue weighted by atomic mass is 9.99. The van der Waals surface area contributed by atoms with Gasteiger partial charge in [-0.25, -0.2) is 12.7 Å². The lowest BCUT2D eigenvalue weighted by molar-refractivity contribution is -0.113. The molecule has 1 saturated heterocycles. The number of sulfonamides is 1. The van der Waals surface area contributed by atoms with Crippen molar-refractivity contribution in [2.24, 2.45) is 7.05 Å². The SMILES string of the molecule is Cn1c(SCC(=O)Nc2ccc(Br)cc2)nnc1C1CCCN(S(C)(=O)=O)C1. The molecule has 2 aromatic rings. The molecule has 1 aromatic heterocycles. The smallest absolute Gasteiger partial charge is 0.234 e. The van der Waals surface area contributed by atoms with Crippen molar-refractivity contribution in [2.75, 3.05) is 30.4 Å². The number of nitrogens with one attached hydrogen (secondary N) is 1. The van der Waals surface area contributed by atoms with Gasteiger partial charge >= 0.3 is 0 Å². The highest BCUT2D eigenvalue weighted by atomic mass is 79.9. The molecule has 152 valence electrons. The number of piperidine rings is 1. The predicted molar refractivity (Wildman–Crippen MR) is 113 cm³/mol. The van der Waals surface area contributed by atoms with Gasteiger partial charge in [-0.05, 0) is 37.1 Å². The number of hydrogen-bond acceptors (Lipinski definition) is 6. The molecular formula is C17H22BrN5O3S2. The van der Waals surface area contributed by atoms with E-state index in [1.807, 2.05) is 35.9 Å². The normalized spacial score (nSPS) is 18.2. The third kappa shape index (κ3) is 5.34. The van der Waals surface area contributed by atoms with Crippen LogP contribution in [0.3, 0.4) is 0 Å². The first-order valence-corrected chi connectivity index (χ1v) is 12.4. The summed E-state index contributed by atoms with van der Waals surface area (Å²) in [6.07, 6.45) is 2.90. The fourth-order valence-electron chi connectivity index (χ4n) is 3.12. The Labute approximate surface area is 177 Å². The molecule has 1 aromatic carbocycles. The van der Waals surface area contributed by atoms with Gasteiger partial charge in [0.05, 0.1) is 12.0 Å². The Morgan fingerprint density at radius 2 is 2.04 bits per heavy atom. The Kier molecular flexibility index (Phi) is 6.79. The van der Waals surface area contributed by atoms with Crippen LogP contribution in [0.5, 0.6) is 0 Å². The predicted octanol–water partition coefficient (Wildman–Crippen LogP) is 2.45. The number of benzene rings is 1. The molecule has 1 amide bonds. The van der Waals surface area contributed by atoms with E-state index in [4.69, 9.17) is 0 Å². The van der Waals surface area contributed by atoms with E-state index in [1.54, 1.807) is 0 Å². The van der Waals surface area contributed by atoms with E-state index in [9.17, 15) is 13.2 Å². The highest BCUT2D eigenvalue weighted by molar-refractivity contribution is 9.10. The summed E-state index contributed by atoms with van der Waals surface area (Å²) in [7, 11) is -1.36. The standard InChI is InChI=1S/C17H22BrN5O3S2/c1-22-16(12-4-3-9-23(10-12)28(2,25)26)20-21-17(22)27-11-15(24)19-14-7-5-13(18)6-8-14/h5-8,12H,3-4,9-11H2,1-2H3,(H,19,24). The Morgan fingerprint density at radius 1 is 1.32 bits per heavy atom. The molecule has 0 saturated carbocycles. The first-order valence-electron chi connectivity index (χ1n) is 8.76. The minimum Gasteiger partial charge on any atom is -0.325 e. The van der Waals surface area contributed by atoms with Crippen LogP contribution < -0.4 is 5.32 Å². The van der Waals surface area contributed by atoms with E-state index < -0.39 is 10.0 Å². The number of aromatic nitrogens is 3. The summed E-state index contributed by atoms with van der Waals surface area (Å²) in [6, 6.07) is 7.37. The maximum Gasteiger partial charge on any atom is 0.234 e. The molecule has 2 heterocycles. The summed E-state index contributed by atoms with van der Waals surface area (Å²) in [5.74, 6) is 0.844. The van der Waals surface area contributed by atoms with Crippen molar-refractivity contribution in [3.05, 3.63) is 34.6 Å². The van der Waals surface area contributed by atoms with Gasteiger partial charge in [0, 0.05) is 36.2 Å². The maximum absolute atomic E-state index is 12.2. The van der Waals surface area contributed by atoms with Crippen LogP contribution in [0.1, 0.15) is 24.6 Å². The third-order valence-corrected chi connectivity index (χ3v) is 7.37. The Morgan fingerprint density at radius 3 is 2.71 bits per heavy atom. The van der Waals surface area contributed by atoms with Crippen LogP contribution in [0, 0.1) is 0 Å². The highest BCUT2D eigenvalue weighted by Gasteiger charge is 2.30. The zero-order chi connectivity index (χ0) is 20.3. The zero-order valence-corrected chi connectivity index (χ0v) is 18.8. The highest BCUT2D eigenvalue weighted by Crippen LogP contribution is 2.28. The van der Waals surface area contributed by atoms with Gasteiger partial charge in [-0.15, -0.1) is 10.2 Å². The average molecular weight is 488 g/mol. The number of hydrogen-bond donors (Lipinski definition) is 1. The first-order chi connectivity index (χ1) is 13.2. The Bertz CT molecular complexity index is 946. The summed E-state index contributed by atoms with van der Waals surface area (Å²) in [4.78, 5) is 12.2. The number of nitrogens with zero attached hydrogens (tertiary/aromatic N) is 4. The molecule has 1 fully saturated rings. The first kappa shape index (κ1) is 21.3. The monoisotopic (exact) mass is 487 g/mol. The number of amides is 1. The van der Waals surface area contributed by atoms with Crippen molar-refractivity contribution in [1.29, 1.82) is 0 Å². The number of anilines is 1. The number of carbonyl (C=O) groups excluding carboxylic acids is 1. The topological polar surface area (TPSA) is 97.2 Å². The maximum atomic E-state index is 12.2. The quantitative estimate of drug-likeness (QED) is 0.628. The van der Waals surface area contributed by atoms with Crippen LogP contribution in [-0.2, 0) is 21.9 Å². The van der Waals surface area contributed by atoms with Crippen LogP contribution in [0.4, 0.5) is 5.69 Å². The molecule has 3 rings (SSSR count). The molecule has 0 aliphatic carbocycles. The number of rotatable bonds is 6. The van der Waals surface area contributed by atoms with E-state index in [2.05, 4.69) is 31.4 Å². The fourth-order valence-corrected chi connectivity index (χ4v) is 5.02. The van der Waals surface area contributed by atoms with Gasteiger partial charge in [0.25, 0.3) is 0 Å². The van der Waals surface area contributed by atoms with Crippen LogP contribution in [0.2, 0.25) is 0 Å². The van der Waals surface area contributed by atoms with Gasteiger partial charge in [0.2, 0.25) is 15.9 Å². The summed E-state index contributed by atoms with van der Waals surface area (Å²) >= 11 is 4.66. The molecular weight excluding hydrogens is 466 g/mol. The molecule has 0 spiro atoms. The van der Waals surface area contributed by atoms with Crippen LogP contribution in [-0.4, -0.2) is 58.5 Å². The molecule has 1 aliphatic heterocycles. The van der Waals surface area contributed by atoms with Crippen molar-refractivity contribution in [1.82, 2.24) is 19.1 Å². The van der Waals surface area contributed by atoms with E-state index in [0.717, 1.165) is 28.8 Å². The Hall–Kier alpha value is -1.43. The van der Waals surface area contributed by atoms with Crippen molar-refractivity contribution in [3.63, 3.8) is 0 Å². The molecule has 11 heteroatoms. The van der Waals surface area contributed by atoms with Crippen molar-refractivity contribution in [2.45, 2.75) is 23.9 Å². The van der Waals surface area contributed by atoms with Gasteiger partial charge in [0.15, 0.2) is 5.16 Å². The summed E-state index contributed by atoms with van der Waals surface area (Å²) < 4.78 is 28.0. The van der Waals surface area contributed by atoms with Crippen LogP contribution in [0.15, 0.2) is 33.9 Å². The number of carbonyl (C=O) groups is 1. The summed E-state index contributed by atoms with van der Waals surface area (Å²) in [5.41, 5.74) is 0.732. The second kappa shape index (κ2) is 8.93. The second-order valence-electron chi connectivity index (χ2n) is 6.70. The van der Waals surface area contributed by atoms with Crippen molar-refractivity contribution >= 4 is 49.3 Å². The molecule has 0 bridgehead atoms. The molecule has 28 heavy (non-hydrogen) atoms. The summed E-state index contributed by atoms with van der Waals surface area (Å²) in [6.45, 7) is 0.963. The third-order valence-electron chi connectivity index (χ3n) is 4.55. The minimum absolute atomic E-state index is 0.00640. The van der Waals surface area contributed by atoms with Gasteiger partial charge in [0.1, 0.15) is 5.82 Å². The molecule has 1 N–H and O–H groups in total. The zero-order valence-electron chi connectivity index (χ0n) is 15.6. The van der Waals surface area contributed by atoms with Crippen LogP contribution >= 0.6 is 27.7 Å².